The molecule has 1 aliphatic rings. The largest absolute Gasteiger partial charge is 0.385 e. The first-order chi connectivity index (χ1) is 9.76. The summed E-state index contributed by atoms with van der Waals surface area (Å²) in [5.74, 6) is 0. The Morgan fingerprint density at radius 3 is 2.71 bits per heavy atom. The molecule has 1 aromatic rings. The van der Waals surface area contributed by atoms with Crippen molar-refractivity contribution in [2.45, 2.75) is 44.0 Å². The van der Waals surface area contributed by atoms with E-state index in [2.05, 4.69) is 11.9 Å². The zero-order chi connectivity index (χ0) is 15.7. The number of benzene rings is 1. The standard InChI is InChI=1S/C16H24N2O2S/c1-5-11-18(16(2,3)4)21(19,20)14-9-8-13-7-6-10-17-15(13)12-14/h5,8-9,12,17H,1,6-7,10-11H2,2-4H3. The van der Waals surface area contributed by atoms with E-state index in [1.54, 1.807) is 18.2 Å². The van der Waals surface area contributed by atoms with Gasteiger partial charge in [0, 0.05) is 24.3 Å². The van der Waals surface area contributed by atoms with Gasteiger partial charge in [0.25, 0.3) is 0 Å². The molecule has 4 nitrogen and oxygen atoms in total. The van der Waals surface area contributed by atoms with E-state index in [9.17, 15) is 8.42 Å². The van der Waals surface area contributed by atoms with E-state index in [-0.39, 0.29) is 0 Å². The Hall–Kier alpha value is -1.33. The van der Waals surface area contributed by atoms with Crippen LogP contribution in [0, 0.1) is 0 Å². The van der Waals surface area contributed by atoms with Crippen molar-refractivity contribution >= 4 is 15.7 Å². The molecule has 0 unspecified atom stereocenters. The normalized spacial score (nSPS) is 15.4. The maximum absolute atomic E-state index is 12.9. The van der Waals surface area contributed by atoms with Crippen LogP contribution >= 0.6 is 0 Å². The van der Waals surface area contributed by atoms with Crippen LogP contribution in [0.1, 0.15) is 32.8 Å². The van der Waals surface area contributed by atoms with Gasteiger partial charge in [-0.1, -0.05) is 12.1 Å². The van der Waals surface area contributed by atoms with Gasteiger partial charge in [-0.15, -0.1) is 6.58 Å². The molecule has 1 heterocycles. The summed E-state index contributed by atoms with van der Waals surface area (Å²) in [5, 5.41) is 3.28. The average Bonchev–Trinajstić information content (AvgIpc) is 2.42. The van der Waals surface area contributed by atoms with Crippen molar-refractivity contribution < 1.29 is 8.42 Å². The molecular weight excluding hydrogens is 284 g/mol. The number of aryl methyl sites for hydroxylation is 1. The van der Waals surface area contributed by atoms with E-state index < -0.39 is 15.6 Å². The Labute approximate surface area is 127 Å². The SMILES string of the molecule is C=CCN(C(C)(C)C)S(=O)(=O)c1ccc2c(c1)NCCC2. The maximum atomic E-state index is 12.9. The Balaban J connectivity index is 2.45. The van der Waals surface area contributed by atoms with Crippen LogP contribution in [0.2, 0.25) is 0 Å². The average molecular weight is 308 g/mol. The van der Waals surface area contributed by atoms with Crippen molar-refractivity contribution in [1.82, 2.24) is 4.31 Å². The fourth-order valence-corrected chi connectivity index (χ4v) is 4.36. The molecule has 2 rings (SSSR count). The summed E-state index contributed by atoms with van der Waals surface area (Å²) < 4.78 is 27.3. The first-order valence-corrected chi connectivity index (χ1v) is 8.71. The van der Waals surface area contributed by atoms with Gasteiger partial charge in [0.2, 0.25) is 10.0 Å². The summed E-state index contributed by atoms with van der Waals surface area (Å²) in [7, 11) is -3.53. The number of sulfonamides is 1. The van der Waals surface area contributed by atoms with Gasteiger partial charge >= 0.3 is 0 Å². The molecule has 1 aromatic carbocycles. The number of hydrogen-bond acceptors (Lipinski definition) is 3. The molecular formula is C16H24N2O2S. The first-order valence-electron chi connectivity index (χ1n) is 7.27. The van der Waals surface area contributed by atoms with Crippen LogP contribution in [0.3, 0.4) is 0 Å². The summed E-state index contributed by atoms with van der Waals surface area (Å²) >= 11 is 0. The van der Waals surface area contributed by atoms with Crippen molar-refractivity contribution in [1.29, 1.82) is 0 Å². The number of hydrogen-bond donors (Lipinski definition) is 1. The molecule has 0 aromatic heterocycles. The highest BCUT2D eigenvalue weighted by molar-refractivity contribution is 7.89. The maximum Gasteiger partial charge on any atom is 0.243 e. The smallest absolute Gasteiger partial charge is 0.243 e. The first kappa shape index (κ1) is 16.0. The van der Waals surface area contributed by atoms with Crippen molar-refractivity contribution in [2.75, 3.05) is 18.4 Å². The minimum atomic E-state index is -3.53. The summed E-state index contributed by atoms with van der Waals surface area (Å²) in [5.41, 5.74) is 1.64. The van der Waals surface area contributed by atoms with Crippen LogP contribution in [0.4, 0.5) is 5.69 Å². The monoisotopic (exact) mass is 308 g/mol. The highest BCUT2D eigenvalue weighted by atomic mass is 32.2. The van der Waals surface area contributed by atoms with Crippen LogP contribution in [-0.4, -0.2) is 31.4 Å². The number of anilines is 1. The van der Waals surface area contributed by atoms with Crippen LogP contribution < -0.4 is 5.32 Å². The Morgan fingerprint density at radius 2 is 2.10 bits per heavy atom. The molecule has 0 aliphatic carbocycles. The third-order valence-electron chi connectivity index (χ3n) is 3.65. The van der Waals surface area contributed by atoms with E-state index in [0.717, 1.165) is 25.1 Å². The van der Waals surface area contributed by atoms with Crippen molar-refractivity contribution in [3.8, 4) is 0 Å². The van der Waals surface area contributed by atoms with Crippen LogP contribution in [0.25, 0.3) is 0 Å². The van der Waals surface area contributed by atoms with Gasteiger partial charge in [0.05, 0.1) is 4.90 Å². The van der Waals surface area contributed by atoms with E-state index in [4.69, 9.17) is 0 Å². The van der Waals surface area contributed by atoms with Crippen molar-refractivity contribution in [2.24, 2.45) is 0 Å². The lowest BCUT2D eigenvalue weighted by molar-refractivity contribution is 0.270. The third kappa shape index (κ3) is 3.30. The molecule has 5 heteroatoms. The zero-order valence-electron chi connectivity index (χ0n) is 13.0. The van der Waals surface area contributed by atoms with Gasteiger partial charge in [0.15, 0.2) is 0 Å². The Bertz CT molecular complexity index is 630. The van der Waals surface area contributed by atoms with Gasteiger partial charge in [-0.2, -0.15) is 4.31 Å². The number of nitrogens with zero attached hydrogens (tertiary/aromatic N) is 1. The molecule has 116 valence electrons. The predicted octanol–water partition coefficient (Wildman–Crippen LogP) is 3.02. The summed E-state index contributed by atoms with van der Waals surface area (Å²) in [4.78, 5) is 0.340. The van der Waals surface area contributed by atoms with E-state index in [1.807, 2.05) is 26.8 Å². The molecule has 0 fully saturated rings. The molecule has 1 N–H and O–H groups in total. The van der Waals surface area contributed by atoms with Gasteiger partial charge in [0.1, 0.15) is 0 Å². The van der Waals surface area contributed by atoms with Gasteiger partial charge in [-0.05, 0) is 51.3 Å². The van der Waals surface area contributed by atoms with E-state index in [0.29, 0.717) is 11.4 Å². The van der Waals surface area contributed by atoms with Gasteiger partial charge in [-0.3, -0.25) is 0 Å². The topological polar surface area (TPSA) is 49.4 Å². The number of rotatable bonds is 4. The molecule has 0 atom stereocenters. The van der Waals surface area contributed by atoms with Crippen LogP contribution in [0.15, 0.2) is 35.7 Å². The fraction of sp³-hybridized carbons (Fsp3) is 0.500. The lowest BCUT2D eigenvalue weighted by atomic mass is 10.0. The number of fused-ring (bicyclic) bond motifs is 1. The second-order valence-corrected chi connectivity index (χ2v) is 8.21. The van der Waals surface area contributed by atoms with Crippen LogP contribution in [-0.2, 0) is 16.4 Å². The fourth-order valence-electron chi connectivity index (χ4n) is 2.58. The second-order valence-electron chi connectivity index (χ2n) is 6.34. The second kappa shape index (κ2) is 5.81. The highest BCUT2D eigenvalue weighted by Crippen LogP contribution is 2.29. The molecule has 0 bridgehead atoms. The van der Waals surface area contributed by atoms with Crippen molar-refractivity contribution in [3.05, 3.63) is 36.4 Å². The van der Waals surface area contributed by atoms with Gasteiger partial charge in [-0.25, -0.2) is 8.42 Å². The molecule has 0 saturated carbocycles. The molecule has 21 heavy (non-hydrogen) atoms. The zero-order valence-corrected chi connectivity index (χ0v) is 13.8. The molecule has 0 amide bonds. The molecule has 0 saturated heterocycles. The lowest BCUT2D eigenvalue weighted by Gasteiger charge is -2.34. The quantitative estimate of drug-likeness (QED) is 0.870. The Kier molecular flexibility index (Phi) is 4.44. The number of nitrogens with one attached hydrogen (secondary N) is 1. The minimum Gasteiger partial charge on any atom is -0.385 e. The summed E-state index contributed by atoms with van der Waals surface area (Å²) in [6.45, 7) is 10.6. The van der Waals surface area contributed by atoms with Crippen LogP contribution in [0.5, 0.6) is 0 Å². The predicted molar refractivity (Wildman–Crippen MR) is 87.1 cm³/mol. The minimum absolute atomic E-state index is 0.302. The van der Waals surface area contributed by atoms with Crippen molar-refractivity contribution in [3.63, 3.8) is 0 Å². The molecule has 0 spiro atoms. The summed E-state index contributed by atoms with van der Waals surface area (Å²) in [6.07, 6.45) is 3.71. The van der Waals surface area contributed by atoms with E-state index in [1.165, 1.54) is 9.87 Å². The highest BCUT2D eigenvalue weighted by Gasteiger charge is 2.33. The lowest BCUT2D eigenvalue weighted by Crippen LogP contribution is -2.45. The molecule has 0 radical (unpaired) electrons. The van der Waals surface area contributed by atoms with E-state index >= 15 is 0 Å². The molecule has 1 aliphatic heterocycles. The van der Waals surface area contributed by atoms with Gasteiger partial charge < -0.3 is 5.32 Å². The summed E-state index contributed by atoms with van der Waals surface area (Å²) in [6, 6.07) is 5.39. The Morgan fingerprint density at radius 1 is 1.38 bits per heavy atom. The third-order valence-corrected chi connectivity index (χ3v) is 5.78.